The fourth-order valence-electron chi connectivity index (χ4n) is 3.94. The maximum Gasteiger partial charge on any atom is 0.272 e. The minimum atomic E-state index is -0.253. The second-order valence-electron chi connectivity index (χ2n) is 7.38. The maximum absolute atomic E-state index is 12.9. The van der Waals surface area contributed by atoms with Crippen LogP contribution in [0.5, 0.6) is 0 Å². The van der Waals surface area contributed by atoms with E-state index in [0.717, 1.165) is 11.1 Å². The average molecular weight is 397 g/mol. The van der Waals surface area contributed by atoms with E-state index in [-0.39, 0.29) is 29.8 Å². The Labute approximate surface area is 174 Å². The number of aromatic nitrogens is 2. The molecule has 5 nitrogen and oxygen atoms in total. The van der Waals surface area contributed by atoms with E-state index in [1.165, 1.54) is 0 Å². The molecule has 3 aromatic carbocycles. The lowest BCUT2D eigenvalue weighted by molar-refractivity contribution is -0.121. The van der Waals surface area contributed by atoms with E-state index in [9.17, 15) is 9.59 Å². The first-order valence-electron chi connectivity index (χ1n) is 9.99. The largest absolute Gasteiger partial charge is 0.352 e. The van der Waals surface area contributed by atoms with Gasteiger partial charge in [-0.25, -0.2) is 5.10 Å². The van der Waals surface area contributed by atoms with Crippen LogP contribution in [0, 0.1) is 0 Å². The Kier molecular flexibility index (Phi) is 5.70. The summed E-state index contributed by atoms with van der Waals surface area (Å²) in [6.45, 7) is 2.01. The van der Waals surface area contributed by atoms with Gasteiger partial charge in [0.1, 0.15) is 0 Å². The minimum Gasteiger partial charge on any atom is -0.352 e. The predicted molar refractivity (Wildman–Crippen MR) is 118 cm³/mol. The minimum absolute atomic E-state index is 0.0247. The average Bonchev–Trinajstić information content (AvgIpc) is 2.77. The third-order valence-corrected chi connectivity index (χ3v) is 5.31. The molecule has 1 heterocycles. The van der Waals surface area contributed by atoms with E-state index < -0.39 is 0 Å². The van der Waals surface area contributed by atoms with E-state index in [1.54, 1.807) is 12.1 Å². The molecule has 0 radical (unpaired) electrons. The summed E-state index contributed by atoms with van der Waals surface area (Å²) in [5.74, 6) is -0.110. The van der Waals surface area contributed by atoms with Gasteiger partial charge in [-0.15, -0.1) is 0 Å². The van der Waals surface area contributed by atoms with Crippen LogP contribution in [-0.4, -0.2) is 22.1 Å². The highest BCUT2D eigenvalue weighted by Gasteiger charge is 2.23. The molecule has 0 saturated heterocycles. The van der Waals surface area contributed by atoms with Gasteiger partial charge in [0.15, 0.2) is 0 Å². The number of amides is 1. The molecule has 30 heavy (non-hydrogen) atoms. The van der Waals surface area contributed by atoms with E-state index in [0.29, 0.717) is 16.5 Å². The maximum atomic E-state index is 12.9. The molecule has 150 valence electrons. The highest BCUT2D eigenvalue weighted by atomic mass is 16.1. The topological polar surface area (TPSA) is 74.8 Å². The molecule has 1 atom stereocenters. The van der Waals surface area contributed by atoms with Gasteiger partial charge in [0, 0.05) is 17.3 Å². The summed E-state index contributed by atoms with van der Waals surface area (Å²) in [5.41, 5.74) is 2.59. The van der Waals surface area contributed by atoms with Gasteiger partial charge in [-0.1, -0.05) is 78.9 Å². The van der Waals surface area contributed by atoms with Crippen molar-refractivity contribution in [1.82, 2.24) is 15.5 Å². The number of rotatable bonds is 6. The number of fused-ring (bicyclic) bond motifs is 1. The zero-order valence-corrected chi connectivity index (χ0v) is 16.7. The molecule has 0 aliphatic carbocycles. The van der Waals surface area contributed by atoms with Gasteiger partial charge in [-0.3, -0.25) is 9.59 Å². The molecule has 0 saturated carbocycles. The van der Waals surface area contributed by atoms with Crippen LogP contribution in [-0.2, 0) is 11.2 Å². The molecular formula is C25H23N3O2. The van der Waals surface area contributed by atoms with Crippen molar-refractivity contribution in [2.75, 3.05) is 0 Å². The lowest BCUT2D eigenvalue weighted by atomic mass is 9.85. The zero-order chi connectivity index (χ0) is 20.9. The van der Waals surface area contributed by atoms with Crippen LogP contribution in [0.25, 0.3) is 10.8 Å². The quantitative estimate of drug-likeness (QED) is 0.520. The summed E-state index contributed by atoms with van der Waals surface area (Å²) in [4.78, 5) is 24.9. The summed E-state index contributed by atoms with van der Waals surface area (Å²) in [6.07, 6.45) is 0.0952. The highest BCUT2D eigenvalue weighted by molar-refractivity contribution is 5.88. The van der Waals surface area contributed by atoms with Crippen LogP contribution in [0.2, 0.25) is 0 Å². The third kappa shape index (κ3) is 4.15. The molecule has 4 aromatic rings. The van der Waals surface area contributed by atoms with E-state index in [2.05, 4.69) is 39.8 Å². The summed E-state index contributed by atoms with van der Waals surface area (Å²) >= 11 is 0. The van der Waals surface area contributed by atoms with E-state index in [4.69, 9.17) is 0 Å². The summed E-state index contributed by atoms with van der Waals surface area (Å²) in [7, 11) is 0. The zero-order valence-electron chi connectivity index (χ0n) is 16.7. The van der Waals surface area contributed by atoms with Crippen molar-refractivity contribution in [3.63, 3.8) is 0 Å². The Morgan fingerprint density at radius 3 is 2.00 bits per heavy atom. The van der Waals surface area contributed by atoms with Gasteiger partial charge >= 0.3 is 0 Å². The number of nitrogens with zero attached hydrogens (tertiary/aromatic N) is 1. The number of hydrogen-bond acceptors (Lipinski definition) is 3. The number of benzene rings is 3. The first-order chi connectivity index (χ1) is 14.6. The van der Waals surface area contributed by atoms with Gasteiger partial charge in [0.25, 0.3) is 5.56 Å². The monoisotopic (exact) mass is 397 g/mol. The van der Waals surface area contributed by atoms with Crippen molar-refractivity contribution in [2.24, 2.45) is 0 Å². The molecule has 1 aromatic heterocycles. The second kappa shape index (κ2) is 8.74. The van der Waals surface area contributed by atoms with Gasteiger partial charge in [-0.2, -0.15) is 5.10 Å². The SMILES string of the molecule is CC(NC(=O)Cc1n[nH]c(=O)c2ccccc12)C(c1ccccc1)c1ccccc1. The van der Waals surface area contributed by atoms with E-state index >= 15 is 0 Å². The Bertz CT molecular complexity index is 1160. The Morgan fingerprint density at radius 2 is 1.40 bits per heavy atom. The fourth-order valence-corrected chi connectivity index (χ4v) is 3.94. The molecule has 0 spiro atoms. The molecule has 0 aliphatic rings. The normalized spacial score (nSPS) is 12.1. The van der Waals surface area contributed by atoms with Crippen molar-refractivity contribution in [3.8, 4) is 0 Å². The van der Waals surface area contributed by atoms with Gasteiger partial charge in [0.2, 0.25) is 5.91 Å². The number of nitrogens with one attached hydrogen (secondary N) is 2. The number of carbonyl (C=O) groups is 1. The molecule has 1 unspecified atom stereocenters. The van der Waals surface area contributed by atoms with Crippen molar-refractivity contribution in [3.05, 3.63) is 112 Å². The van der Waals surface area contributed by atoms with Crippen LogP contribution < -0.4 is 10.9 Å². The number of carbonyl (C=O) groups excluding carboxylic acids is 1. The summed E-state index contributed by atoms with van der Waals surface area (Å²) in [6, 6.07) is 27.4. The lowest BCUT2D eigenvalue weighted by Gasteiger charge is -2.26. The standard InChI is InChI=1S/C25H23N3O2/c1-17(24(18-10-4-2-5-11-18)19-12-6-3-7-13-19)26-23(29)16-22-20-14-8-9-15-21(20)25(30)28-27-22/h2-15,17,24H,16H2,1H3,(H,26,29)(H,28,30). The second-order valence-corrected chi connectivity index (χ2v) is 7.38. The summed E-state index contributed by atoms with van der Waals surface area (Å²) in [5, 5.41) is 11.0. The predicted octanol–water partition coefficient (Wildman–Crippen LogP) is 3.80. The smallest absolute Gasteiger partial charge is 0.272 e. The van der Waals surface area contributed by atoms with Crippen molar-refractivity contribution < 1.29 is 4.79 Å². The molecular weight excluding hydrogens is 374 g/mol. The highest BCUT2D eigenvalue weighted by Crippen LogP contribution is 2.28. The first-order valence-corrected chi connectivity index (χ1v) is 9.99. The van der Waals surface area contributed by atoms with E-state index in [1.807, 2.05) is 55.5 Å². The lowest BCUT2D eigenvalue weighted by Crippen LogP contribution is -2.38. The van der Waals surface area contributed by atoms with Crippen LogP contribution in [0.4, 0.5) is 0 Å². The van der Waals surface area contributed by atoms with Crippen LogP contribution >= 0.6 is 0 Å². The molecule has 0 bridgehead atoms. The Balaban J connectivity index is 1.58. The first kappa shape index (κ1) is 19.6. The Hall–Kier alpha value is -3.73. The number of aromatic amines is 1. The molecule has 0 fully saturated rings. The summed E-state index contributed by atoms with van der Waals surface area (Å²) < 4.78 is 0. The molecule has 0 aliphatic heterocycles. The van der Waals surface area contributed by atoms with Crippen LogP contribution in [0.3, 0.4) is 0 Å². The fraction of sp³-hybridized carbons (Fsp3) is 0.160. The molecule has 2 N–H and O–H groups in total. The molecule has 1 amide bonds. The van der Waals surface area contributed by atoms with Crippen LogP contribution in [0.1, 0.15) is 29.7 Å². The number of hydrogen-bond donors (Lipinski definition) is 2. The van der Waals surface area contributed by atoms with Crippen molar-refractivity contribution in [2.45, 2.75) is 25.3 Å². The van der Waals surface area contributed by atoms with Gasteiger partial charge in [-0.05, 0) is 24.1 Å². The van der Waals surface area contributed by atoms with Crippen LogP contribution in [0.15, 0.2) is 89.7 Å². The van der Waals surface area contributed by atoms with Gasteiger partial charge in [0.05, 0.1) is 17.5 Å². The number of H-pyrrole nitrogens is 1. The molecule has 4 rings (SSSR count). The van der Waals surface area contributed by atoms with Gasteiger partial charge < -0.3 is 5.32 Å². The molecule has 5 heteroatoms. The van der Waals surface area contributed by atoms with Crippen molar-refractivity contribution >= 4 is 16.7 Å². The third-order valence-electron chi connectivity index (χ3n) is 5.31. The van der Waals surface area contributed by atoms with Crippen molar-refractivity contribution in [1.29, 1.82) is 0 Å². The Morgan fingerprint density at radius 1 is 0.867 bits per heavy atom.